The van der Waals surface area contributed by atoms with Crippen LogP contribution in [-0.2, 0) is 11.3 Å². The third-order valence-electron chi connectivity index (χ3n) is 4.26. The number of benzene rings is 1. The second kappa shape index (κ2) is 8.66. The van der Waals surface area contributed by atoms with Gasteiger partial charge in [-0.25, -0.2) is 4.79 Å². The molecule has 1 aliphatic rings. The first kappa shape index (κ1) is 20.4. The molecule has 1 aromatic carbocycles. The van der Waals surface area contributed by atoms with E-state index in [2.05, 4.69) is 16.6 Å². The highest BCUT2D eigenvalue weighted by molar-refractivity contribution is 5.68. The van der Waals surface area contributed by atoms with Crippen molar-refractivity contribution in [2.45, 2.75) is 58.9 Å². The third kappa shape index (κ3) is 6.12. The summed E-state index contributed by atoms with van der Waals surface area (Å²) >= 11 is 0. The first-order chi connectivity index (χ1) is 12.2. The minimum absolute atomic E-state index is 0.158. The van der Waals surface area contributed by atoms with E-state index in [0.717, 1.165) is 18.5 Å². The molecule has 26 heavy (non-hydrogen) atoms. The molecule has 1 aliphatic heterocycles. The normalized spacial score (nSPS) is 18.9. The molecule has 1 fully saturated rings. The van der Waals surface area contributed by atoms with Gasteiger partial charge in [-0.1, -0.05) is 19.1 Å². The number of rotatable bonds is 5. The summed E-state index contributed by atoms with van der Waals surface area (Å²) in [4.78, 5) is 16.3. The summed E-state index contributed by atoms with van der Waals surface area (Å²) in [5, 5.41) is 0. The summed E-state index contributed by atoms with van der Waals surface area (Å²) < 4.78 is 34.3. The Morgan fingerprint density at radius 1 is 1.23 bits per heavy atom. The van der Waals surface area contributed by atoms with Crippen molar-refractivity contribution in [2.75, 3.05) is 19.6 Å². The first-order valence-corrected chi connectivity index (χ1v) is 8.93. The van der Waals surface area contributed by atoms with Crippen LogP contribution in [0.5, 0.6) is 5.75 Å². The molecule has 0 aromatic heterocycles. The summed E-state index contributed by atoms with van der Waals surface area (Å²) in [6, 6.07) is 6.93. The van der Waals surface area contributed by atoms with Crippen LogP contribution in [0.1, 0.15) is 39.7 Å². The van der Waals surface area contributed by atoms with Gasteiger partial charge in [-0.05, 0) is 44.9 Å². The Balaban J connectivity index is 1.94. The lowest BCUT2D eigenvalue weighted by molar-refractivity contribution is -0.0498. The molecule has 0 bridgehead atoms. The van der Waals surface area contributed by atoms with Gasteiger partial charge in [0.25, 0.3) is 0 Å². The quantitative estimate of drug-likeness (QED) is 0.782. The summed E-state index contributed by atoms with van der Waals surface area (Å²) in [5.74, 6) is 0.158. The Kier molecular flexibility index (Phi) is 6.81. The van der Waals surface area contributed by atoms with Crippen LogP contribution in [0.15, 0.2) is 24.3 Å². The molecule has 1 atom stereocenters. The van der Waals surface area contributed by atoms with Crippen LogP contribution >= 0.6 is 0 Å². The molecule has 1 aromatic rings. The predicted octanol–water partition coefficient (Wildman–Crippen LogP) is 4.12. The number of nitrogens with zero attached hydrogens (tertiary/aromatic N) is 2. The lowest BCUT2D eigenvalue weighted by Crippen LogP contribution is -2.54. The topological polar surface area (TPSA) is 42.0 Å². The Bertz CT molecular complexity index is 587. The van der Waals surface area contributed by atoms with Crippen molar-refractivity contribution in [1.82, 2.24) is 9.80 Å². The molecule has 0 N–H and O–H groups in total. The zero-order valence-electron chi connectivity index (χ0n) is 15.9. The predicted molar refractivity (Wildman–Crippen MR) is 95.4 cm³/mol. The van der Waals surface area contributed by atoms with Crippen LogP contribution in [-0.4, -0.2) is 53.8 Å². The lowest BCUT2D eigenvalue weighted by Gasteiger charge is -2.41. The average molecular weight is 370 g/mol. The van der Waals surface area contributed by atoms with E-state index in [4.69, 9.17) is 4.74 Å². The van der Waals surface area contributed by atoms with Gasteiger partial charge >= 0.3 is 12.7 Å². The van der Waals surface area contributed by atoms with Crippen LogP contribution in [0.2, 0.25) is 0 Å². The highest BCUT2D eigenvalue weighted by Gasteiger charge is 2.31. The molecule has 146 valence electrons. The van der Waals surface area contributed by atoms with Crippen LogP contribution in [0, 0.1) is 0 Å². The number of amides is 1. The molecular weight excluding hydrogens is 342 g/mol. The van der Waals surface area contributed by atoms with Crippen LogP contribution < -0.4 is 4.74 Å². The van der Waals surface area contributed by atoms with Gasteiger partial charge in [0.15, 0.2) is 0 Å². The highest BCUT2D eigenvalue weighted by atomic mass is 19.3. The Hall–Kier alpha value is -1.89. The Morgan fingerprint density at radius 2 is 1.88 bits per heavy atom. The van der Waals surface area contributed by atoms with Crippen molar-refractivity contribution in [2.24, 2.45) is 0 Å². The first-order valence-electron chi connectivity index (χ1n) is 8.93. The molecule has 7 heteroatoms. The van der Waals surface area contributed by atoms with Crippen molar-refractivity contribution in [1.29, 1.82) is 0 Å². The number of carbonyl (C=O) groups is 1. The van der Waals surface area contributed by atoms with Gasteiger partial charge in [0.05, 0.1) is 0 Å². The summed E-state index contributed by atoms with van der Waals surface area (Å²) in [5.41, 5.74) is 0.522. The summed E-state index contributed by atoms with van der Waals surface area (Å²) in [6.45, 7) is 7.54. The van der Waals surface area contributed by atoms with Crippen LogP contribution in [0.25, 0.3) is 0 Å². The number of carbonyl (C=O) groups excluding carboxylic acids is 1. The minimum Gasteiger partial charge on any atom is -0.444 e. The van der Waals surface area contributed by atoms with E-state index in [0.29, 0.717) is 19.6 Å². The molecule has 1 amide bonds. The van der Waals surface area contributed by atoms with E-state index in [-0.39, 0.29) is 17.9 Å². The van der Waals surface area contributed by atoms with Crippen molar-refractivity contribution in [3.05, 3.63) is 29.8 Å². The van der Waals surface area contributed by atoms with Gasteiger partial charge in [0.1, 0.15) is 11.4 Å². The molecule has 0 saturated carbocycles. The van der Waals surface area contributed by atoms with Crippen molar-refractivity contribution < 1.29 is 23.0 Å². The van der Waals surface area contributed by atoms with E-state index >= 15 is 0 Å². The van der Waals surface area contributed by atoms with E-state index in [1.165, 1.54) is 0 Å². The van der Waals surface area contributed by atoms with E-state index in [9.17, 15) is 13.6 Å². The SMILES string of the molecule is CC[C@@H]1CN(C(=O)OC(C)(C)C)CCN1Cc1ccc(OC(F)F)cc1. The Morgan fingerprint density at radius 3 is 2.42 bits per heavy atom. The monoisotopic (exact) mass is 370 g/mol. The van der Waals surface area contributed by atoms with E-state index in [1.807, 2.05) is 20.8 Å². The van der Waals surface area contributed by atoms with Gasteiger partial charge in [-0.2, -0.15) is 8.78 Å². The fourth-order valence-electron chi connectivity index (χ4n) is 2.99. The smallest absolute Gasteiger partial charge is 0.410 e. The molecule has 5 nitrogen and oxygen atoms in total. The van der Waals surface area contributed by atoms with Crippen molar-refractivity contribution in [3.63, 3.8) is 0 Å². The van der Waals surface area contributed by atoms with Gasteiger partial charge < -0.3 is 14.4 Å². The molecule has 0 unspecified atom stereocenters. The molecule has 0 spiro atoms. The zero-order chi connectivity index (χ0) is 19.3. The second-order valence-electron chi connectivity index (χ2n) is 7.48. The van der Waals surface area contributed by atoms with Crippen LogP contribution in [0.4, 0.5) is 13.6 Å². The van der Waals surface area contributed by atoms with Crippen molar-refractivity contribution in [3.8, 4) is 5.75 Å². The van der Waals surface area contributed by atoms with Gasteiger partial charge in [0, 0.05) is 32.2 Å². The fourth-order valence-corrected chi connectivity index (χ4v) is 2.99. The highest BCUT2D eigenvalue weighted by Crippen LogP contribution is 2.21. The third-order valence-corrected chi connectivity index (χ3v) is 4.26. The maximum atomic E-state index is 12.3. The van der Waals surface area contributed by atoms with Gasteiger partial charge in [-0.15, -0.1) is 0 Å². The largest absolute Gasteiger partial charge is 0.444 e. The van der Waals surface area contributed by atoms with Crippen LogP contribution in [0.3, 0.4) is 0 Å². The number of hydrogen-bond acceptors (Lipinski definition) is 4. The number of piperazine rings is 1. The second-order valence-corrected chi connectivity index (χ2v) is 7.48. The van der Waals surface area contributed by atoms with E-state index in [1.54, 1.807) is 29.2 Å². The fraction of sp³-hybridized carbons (Fsp3) is 0.632. The molecule has 0 aliphatic carbocycles. The van der Waals surface area contributed by atoms with Gasteiger partial charge in [0.2, 0.25) is 0 Å². The standard InChI is InChI=1S/C19H28F2N2O3/c1-5-15-13-23(18(24)26-19(2,3)4)11-10-22(15)12-14-6-8-16(9-7-14)25-17(20)21/h6-9,15,17H,5,10-13H2,1-4H3/t15-/m1/s1. The molecule has 0 radical (unpaired) electrons. The minimum atomic E-state index is -2.81. The Labute approximate surface area is 153 Å². The van der Waals surface area contributed by atoms with Gasteiger partial charge in [-0.3, -0.25) is 4.90 Å². The molecule has 1 heterocycles. The average Bonchev–Trinajstić information content (AvgIpc) is 2.55. The number of ether oxygens (including phenoxy) is 2. The molecule has 2 rings (SSSR count). The lowest BCUT2D eigenvalue weighted by atomic mass is 10.1. The summed E-state index contributed by atoms with van der Waals surface area (Å²) in [7, 11) is 0. The zero-order valence-corrected chi connectivity index (χ0v) is 15.9. The van der Waals surface area contributed by atoms with Crippen molar-refractivity contribution >= 4 is 6.09 Å². The van der Waals surface area contributed by atoms with E-state index < -0.39 is 12.2 Å². The number of alkyl halides is 2. The maximum Gasteiger partial charge on any atom is 0.410 e. The number of hydrogen-bond donors (Lipinski definition) is 0. The number of halogens is 2. The molecular formula is C19H28F2N2O3. The maximum absolute atomic E-state index is 12.3. The molecule has 1 saturated heterocycles. The summed E-state index contributed by atoms with van der Waals surface area (Å²) in [6.07, 6.45) is 0.635.